The highest BCUT2D eigenvalue weighted by atomic mass is 16.5. The first-order valence-corrected chi connectivity index (χ1v) is 5.61. The fraction of sp³-hybridized carbons (Fsp3) is 0.231. The summed E-state index contributed by atoms with van der Waals surface area (Å²) in [5.74, 6) is 0.883. The lowest BCUT2D eigenvalue weighted by atomic mass is 10.2. The van der Waals surface area contributed by atoms with Gasteiger partial charge in [-0.15, -0.1) is 0 Å². The Morgan fingerprint density at radius 3 is 2.56 bits per heavy atom. The van der Waals surface area contributed by atoms with Crippen LogP contribution in [0.3, 0.4) is 0 Å². The zero-order valence-corrected chi connectivity index (χ0v) is 10.5. The molecule has 0 fully saturated rings. The number of hydrogen-bond acceptors (Lipinski definition) is 3. The molecule has 2 rings (SSSR count). The first-order valence-electron chi connectivity index (χ1n) is 5.61. The number of ether oxygens (including phenoxy) is 1. The van der Waals surface area contributed by atoms with Gasteiger partial charge >= 0.3 is 0 Å². The number of amidine groups is 1. The average molecular weight is 244 g/mol. The van der Waals surface area contributed by atoms with E-state index in [1.807, 2.05) is 35.9 Å². The van der Waals surface area contributed by atoms with Crippen molar-refractivity contribution in [3.05, 3.63) is 47.3 Å². The molecule has 5 heteroatoms. The maximum atomic E-state index is 7.43. The highest BCUT2D eigenvalue weighted by molar-refractivity contribution is 5.95. The molecule has 0 radical (unpaired) electrons. The number of nitrogens with one attached hydrogen (secondary N) is 1. The number of hydrogen-bond donors (Lipinski definition) is 2. The van der Waals surface area contributed by atoms with Gasteiger partial charge in [-0.1, -0.05) is 12.1 Å². The van der Waals surface area contributed by atoms with Crippen molar-refractivity contribution in [2.75, 3.05) is 7.11 Å². The molecule has 2 aromatic rings. The lowest BCUT2D eigenvalue weighted by Gasteiger charge is -2.06. The third-order valence-corrected chi connectivity index (χ3v) is 2.88. The first kappa shape index (κ1) is 12.2. The second-order valence-corrected chi connectivity index (χ2v) is 4.06. The lowest BCUT2D eigenvalue weighted by Crippen LogP contribution is -2.12. The molecular formula is C13H16N4O. The second-order valence-electron chi connectivity index (χ2n) is 4.06. The summed E-state index contributed by atoms with van der Waals surface area (Å²) in [7, 11) is 1.64. The van der Waals surface area contributed by atoms with Crippen LogP contribution in [0.1, 0.15) is 16.8 Å². The van der Waals surface area contributed by atoms with Crippen molar-refractivity contribution < 1.29 is 4.74 Å². The number of nitrogens with two attached hydrogens (primary N) is 1. The van der Waals surface area contributed by atoms with Crippen molar-refractivity contribution in [3.63, 3.8) is 0 Å². The quantitative estimate of drug-likeness (QED) is 0.632. The van der Waals surface area contributed by atoms with E-state index in [-0.39, 0.29) is 5.84 Å². The largest absolute Gasteiger partial charge is 0.497 e. The molecule has 0 spiro atoms. The van der Waals surface area contributed by atoms with E-state index in [0.717, 1.165) is 17.0 Å². The van der Waals surface area contributed by atoms with E-state index in [0.29, 0.717) is 12.1 Å². The molecule has 1 aromatic carbocycles. The van der Waals surface area contributed by atoms with E-state index in [4.69, 9.17) is 15.9 Å². The number of nitrogen functional groups attached to an aromatic ring is 1. The molecule has 0 aliphatic heterocycles. The molecule has 0 aliphatic rings. The molecule has 0 saturated heterocycles. The van der Waals surface area contributed by atoms with Crippen molar-refractivity contribution >= 4 is 5.84 Å². The summed E-state index contributed by atoms with van der Waals surface area (Å²) in [5.41, 5.74) is 8.18. The fourth-order valence-corrected chi connectivity index (χ4v) is 1.77. The van der Waals surface area contributed by atoms with Gasteiger partial charge in [0, 0.05) is 5.69 Å². The van der Waals surface area contributed by atoms with E-state index in [2.05, 4.69) is 5.10 Å². The van der Waals surface area contributed by atoms with Crippen LogP contribution in [0.15, 0.2) is 30.5 Å². The number of rotatable bonds is 4. The SMILES string of the molecule is COc1ccc(Cn2ncc(C(=N)N)c2C)cc1. The number of nitrogens with zero attached hydrogens (tertiary/aromatic N) is 2. The third-order valence-electron chi connectivity index (χ3n) is 2.88. The molecule has 1 aromatic heterocycles. The number of benzene rings is 1. The van der Waals surface area contributed by atoms with Gasteiger partial charge in [0.25, 0.3) is 0 Å². The maximum absolute atomic E-state index is 7.43. The first-order chi connectivity index (χ1) is 8.61. The predicted molar refractivity (Wildman–Crippen MR) is 70.1 cm³/mol. The van der Waals surface area contributed by atoms with Crippen LogP contribution in [0.5, 0.6) is 5.75 Å². The molecular weight excluding hydrogens is 228 g/mol. The second kappa shape index (κ2) is 4.91. The van der Waals surface area contributed by atoms with Crippen molar-refractivity contribution in [3.8, 4) is 5.75 Å². The Labute approximate surface area is 106 Å². The Hall–Kier alpha value is -2.30. The van der Waals surface area contributed by atoms with E-state index >= 15 is 0 Å². The standard InChI is InChI=1S/C13H16N4O/c1-9-12(13(14)15)7-16-17(9)8-10-3-5-11(18-2)6-4-10/h3-7H,8H2,1-2H3,(H3,14,15). The Morgan fingerprint density at radius 2 is 2.06 bits per heavy atom. The van der Waals surface area contributed by atoms with Crippen molar-refractivity contribution in [1.82, 2.24) is 9.78 Å². The normalized spacial score (nSPS) is 10.3. The minimum Gasteiger partial charge on any atom is -0.497 e. The summed E-state index contributed by atoms with van der Waals surface area (Å²) in [4.78, 5) is 0. The zero-order valence-electron chi connectivity index (χ0n) is 10.5. The summed E-state index contributed by atoms with van der Waals surface area (Å²) in [5, 5.41) is 11.7. The molecule has 0 saturated carbocycles. The van der Waals surface area contributed by atoms with Crippen LogP contribution < -0.4 is 10.5 Å². The Morgan fingerprint density at radius 1 is 1.39 bits per heavy atom. The van der Waals surface area contributed by atoms with Crippen LogP contribution in [0.25, 0.3) is 0 Å². The number of methoxy groups -OCH3 is 1. The zero-order chi connectivity index (χ0) is 13.1. The van der Waals surface area contributed by atoms with Gasteiger partial charge in [0.05, 0.1) is 25.4 Å². The Bertz CT molecular complexity index is 557. The Kier molecular flexibility index (Phi) is 3.32. The number of aromatic nitrogens is 2. The molecule has 0 unspecified atom stereocenters. The lowest BCUT2D eigenvalue weighted by molar-refractivity contribution is 0.414. The summed E-state index contributed by atoms with van der Waals surface area (Å²) in [6.07, 6.45) is 1.63. The minimum absolute atomic E-state index is 0.0495. The molecule has 0 bridgehead atoms. The van der Waals surface area contributed by atoms with Gasteiger partial charge < -0.3 is 10.5 Å². The molecule has 0 atom stereocenters. The average Bonchev–Trinajstić information content (AvgIpc) is 2.72. The molecule has 0 amide bonds. The monoisotopic (exact) mass is 244 g/mol. The fourth-order valence-electron chi connectivity index (χ4n) is 1.77. The highest BCUT2D eigenvalue weighted by Crippen LogP contribution is 2.14. The summed E-state index contributed by atoms with van der Waals surface area (Å²) in [6.45, 7) is 2.57. The third kappa shape index (κ3) is 2.34. The molecule has 1 heterocycles. The summed E-state index contributed by atoms with van der Waals surface area (Å²) < 4.78 is 6.94. The van der Waals surface area contributed by atoms with Crippen LogP contribution in [-0.2, 0) is 6.54 Å². The van der Waals surface area contributed by atoms with Crippen molar-refractivity contribution in [2.45, 2.75) is 13.5 Å². The van der Waals surface area contributed by atoms with Crippen molar-refractivity contribution in [2.24, 2.45) is 5.73 Å². The topological polar surface area (TPSA) is 76.9 Å². The van der Waals surface area contributed by atoms with Gasteiger partial charge in [0.1, 0.15) is 11.6 Å². The van der Waals surface area contributed by atoms with Gasteiger partial charge in [0.2, 0.25) is 0 Å². The van der Waals surface area contributed by atoms with Crippen LogP contribution in [0.2, 0.25) is 0 Å². The molecule has 18 heavy (non-hydrogen) atoms. The molecule has 3 N–H and O–H groups in total. The van der Waals surface area contributed by atoms with E-state index in [1.165, 1.54) is 0 Å². The Balaban J connectivity index is 2.20. The maximum Gasteiger partial charge on any atom is 0.126 e. The molecule has 94 valence electrons. The minimum atomic E-state index is 0.0495. The van der Waals surface area contributed by atoms with Crippen LogP contribution in [0, 0.1) is 12.3 Å². The van der Waals surface area contributed by atoms with E-state index < -0.39 is 0 Å². The van der Waals surface area contributed by atoms with Gasteiger partial charge in [0.15, 0.2) is 0 Å². The predicted octanol–water partition coefficient (Wildman–Crippen LogP) is 1.53. The van der Waals surface area contributed by atoms with Crippen LogP contribution >= 0.6 is 0 Å². The smallest absolute Gasteiger partial charge is 0.126 e. The highest BCUT2D eigenvalue weighted by Gasteiger charge is 2.08. The van der Waals surface area contributed by atoms with Gasteiger partial charge in [-0.05, 0) is 24.6 Å². The van der Waals surface area contributed by atoms with E-state index in [1.54, 1.807) is 13.3 Å². The van der Waals surface area contributed by atoms with Gasteiger partial charge in [-0.25, -0.2) is 0 Å². The van der Waals surface area contributed by atoms with Crippen molar-refractivity contribution in [1.29, 1.82) is 5.41 Å². The van der Waals surface area contributed by atoms with Crippen LogP contribution in [0.4, 0.5) is 0 Å². The van der Waals surface area contributed by atoms with E-state index in [9.17, 15) is 0 Å². The molecule has 5 nitrogen and oxygen atoms in total. The molecule has 0 aliphatic carbocycles. The van der Waals surface area contributed by atoms with Crippen LogP contribution in [-0.4, -0.2) is 22.7 Å². The summed E-state index contributed by atoms with van der Waals surface area (Å²) in [6, 6.07) is 7.82. The van der Waals surface area contributed by atoms with Gasteiger partial charge in [-0.2, -0.15) is 5.10 Å². The summed E-state index contributed by atoms with van der Waals surface area (Å²) >= 11 is 0. The van der Waals surface area contributed by atoms with Gasteiger partial charge in [-0.3, -0.25) is 10.1 Å².